The third-order valence-electron chi connectivity index (χ3n) is 3.82. The first-order chi connectivity index (χ1) is 10.1. The fourth-order valence-corrected chi connectivity index (χ4v) is 4.21. The molecular formula is C15H13BrClIN2O. The molecule has 0 bridgehead atoms. The average Bonchev–Trinajstić information content (AvgIpc) is 2.96. The number of H-pyrrole nitrogens is 1. The summed E-state index contributed by atoms with van der Waals surface area (Å²) in [6.45, 7) is 0. The van der Waals surface area contributed by atoms with Gasteiger partial charge in [0.15, 0.2) is 0 Å². The van der Waals surface area contributed by atoms with Crippen LogP contribution in [0.2, 0.25) is 5.02 Å². The maximum Gasteiger partial charge on any atom is 0.264 e. The molecule has 1 aromatic carbocycles. The summed E-state index contributed by atoms with van der Waals surface area (Å²) in [6, 6.07) is 5.58. The van der Waals surface area contributed by atoms with Crippen LogP contribution in [0, 0.1) is 3.57 Å². The van der Waals surface area contributed by atoms with Gasteiger partial charge in [0.25, 0.3) is 5.56 Å². The zero-order valence-corrected chi connectivity index (χ0v) is 15.6. The zero-order valence-electron chi connectivity index (χ0n) is 11.1. The molecule has 1 aromatic heterocycles. The minimum atomic E-state index is -0.0820. The summed E-state index contributed by atoms with van der Waals surface area (Å²) < 4.78 is 1.61. The summed E-state index contributed by atoms with van der Waals surface area (Å²) in [7, 11) is 0. The van der Waals surface area contributed by atoms with E-state index in [1.54, 1.807) is 0 Å². The van der Waals surface area contributed by atoms with E-state index >= 15 is 0 Å². The van der Waals surface area contributed by atoms with Crippen molar-refractivity contribution in [2.45, 2.75) is 31.6 Å². The van der Waals surface area contributed by atoms with Crippen LogP contribution in [0.25, 0.3) is 11.4 Å². The van der Waals surface area contributed by atoms with Gasteiger partial charge in [0.2, 0.25) is 0 Å². The Balaban J connectivity index is 2.13. The van der Waals surface area contributed by atoms with Gasteiger partial charge in [-0.2, -0.15) is 0 Å². The topological polar surface area (TPSA) is 45.8 Å². The molecule has 0 spiro atoms. The molecule has 1 heterocycles. The van der Waals surface area contributed by atoms with Crippen molar-refractivity contribution >= 4 is 50.1 Å². The molecule has 1 fully saturated rings. The molecule has 0 saturated heterocycles. The van der Waals surface area contributed by atoms with E-state index in [-0.39, 0.29) is 5.56 Å². The van der Waals surface area contributed by atoms with Gasteiger partial charge in [-0.3, -0.25) is 4.79 Å². The molecule has 3 rings (SSSR count). The van der Waals surface area contributed by atoms with Crippen LogP contribution in [-0.2, 0) is 0 Å². The van der Waals surface area contributed by atoms with Crippen LogP contribution in [0.4, 0.5) is 0 Å². The Kier molecular flexibility index (Phi) is 4.71. The summed E-state index contributed by atoms with van der Waals surface area (Å²) in [5.41, 5.74) is 1.60. The second kappa shape index (κ2) is 6.38. The summed E-state index contributed by atoms with van der Waals surface area (Å²) in [5, 5.41) is 0.575. The number of rotatable bonds is 2. The van der Waals surface area contributed by atoms with Crippen LogP contribution in [0.1, 0.15) is 37.3 Å². The molecule has 2 aromatic rings. The minimum Gasteiger partial charge on any atom is -0.306 e. The van der Waals surface area contributed by atoms with Gasteiger partial charge in [-0.15, -0.1) is 0 Å². The van der Waals surface area contributed by atoms with Gasteiger partial charge in [-0.05, 0) is 53.6 Å². The Morgan fingerprint density at radius 3 is 2.71 bits per heavy atom. The smallest absolute Gasteiger partial charge is 0.264 e. The predicted molar refractivity (Wildman–Crippen MR) is 96.9 cm³/mol. The van der Waals surface area contributed by atoms with Gasteiger partial charge >= 0.3 is 0 Å². The number of nitrogens with zero attached hydrogens (tertiary/aromatic N) is 1. The first kappa shape index (κ1) is 15.5. The van der Waals surface area contributed by atoms with Crippen molar-refractivity contribution in [2.24, 2.45) is 0 Å². The molecule has 1 saturated carbocycles. The van der Waals surface area contributed by atoms with E-state index in [1.807, 2.05) is 18.2 Å². The SMILES string of the molecule is O=c1[nH]c(-c2ccc(Br)cc2Cl)nc(C2CCCC2)c1I. The van der Waals surface area contributed by atoms with E-state index in [2.05, 4.69) is 43.5 Å². The highest BCUT2D eigenvalue weighted by atomic mass is 127. The Morgan fingerprint density at radius 1 is 1.33 bits per heavy atom. The molecule has 0 atom stereocenters. The minimum absolute atomic E-state index is 0.0820. The lowest BCUT2D eigenvalue weighted by molar-refractivity contribution is 0.687. The summed E-state index contributed by atoms with van der Waals surface area (Å²) in [5.74, 6) is 0.951. The largest absolute Gasteiger partial charge is 0.306 e. The van der Waals surface area contributed by atoms with Crippen molar-refractivity contribution in [3.63, 3.8) is 0 Å². The molecule has 21 heavy (non-hydrogen) atoms. The van der Waals surface area contributed by atoms with Crippen LogP contribution in [0.3, 0.4) is 0 Å². The van der Waals surface area contributed by atoms with E-state index in [0.717, 1.165) is 28.6 Å². The number of nitrogens with one attached hydrogen (secondary N) is 1. The molecule has 0 unspecified atom stereocenters. The van der Waals surface area contributed by atoms with E-state index in [9.17, 15) is 4.79 Å². The molecular weight excluding hydrogens is 466 g/mol. The predicted octanol–water partition coefficient (Wildman–Crippen LogP) is 5.12. The van der Waals surface area contributed by atoms with Crippen molar-refractivity contribution in [3.05, 3.63) is 47.3 Å². The van der Waals surface area contributed by atoms with Gasteiger partial charge in [0.05, 0.1) is 14.3 Å². The number of benzene rings is 1. The number of aromatic amines is 1. The highest BCUT2D eigenvalue weighted by Crippen LogP contribution is 2.35. The maximum absolute atomic E-state index is 12.2. The maximum atomic E-state index is 12.2. The van der Waals surface area contributed by atoms with Gasteiger partial charge in [0.1, 0.15) is 5.82 Å². The van der Waals surface area contributed by atoms with E-state index in [1.165, 1.54) is 12.8 Å². The van der Waals surface area contributed by atoms with Crippen LogP contribution in [-0.4, -0.2) is 9.97 Å². The summed E-state index contributed by atoms with van der Waals surface area (Å²) >= 11 is 11.8. The lowest BCUT2D eigenvalue weighted by Crippen LogP contribution is -2.18. The lowest BCUT2D eigenvalue weighted by atomic mass is 10.0. The zero-order chi connectivity index (χ0) is 15.0. The van der Waals surface area contributed by atoms with Crippen molar-refractivity contribution in [1.82, 2.24) is 9.97 Å². The fourth-order valence-electron chi connectivity index (χ4n) is 2.76. The second-order valence-electron chi connectivity index (χ2n) is 5.22. The fraction of sp³-hybridized carbons (Fsp3) is 0.333. The molecule has 3 nitrogen and oxygen atoms in total. The second-order valence-corrected chi connectivity index (χ2v) is 7.62. The number of hydrogen-bond acceptors (Lipinski definition) is 2. The van der Waals surface area contributed by atoms with Crippen molar-refractivity contribution in [2.75, 3.05) is 0 Å². The lowest BCUT2D eigenvalue weighted by Gasteiger charge is -2.13. The Labute approximate surface area is 149 Å². The monoisotopic (exact) mass is 478 g/mol. The molecule has 1 aliphatic carbocycles. The van der Waals surface area contributed by atoms with Crippen molar-refractivity contribution < 1.29 is 0 Å². The highest BCUT2D eigenvalue weighted by molar-refractivity contribution is 14.1. The highest BCUT2D eigenvalue weighted by Gasteiger charge is 2.23. The van der Waals surface area contributed by atoms with Gasteiger partial charge in [0, 0.05) is 16.0 Å². The third kappa shape index (κ3) is 3.19. The standard InChI is InChI=1S/C15H13BrClIN2O/c16-9-5-6-10(11(17)7-9)14-19-13(8-3-1-2-4-8)12(18)15(21)20-14/h5-8H,1-4H2,(H,19,20,21). The van der Waals surface area contributed by atoms with Crippen LogP contribution >= 0.6 is 50.1 Å². The number of aromatic nitrogens is 2. The van der Waals surface area contributed by atoms with E-state index < -0.39 is 0 Å². The molecule has 0 aliphatic heterocycles. The quantitative estimate of drug-likeness (QED) is 0.608. The number of hydrogen-bond donors (Lipinski definition) is 1. The number of halogens is 3. The first-order valence-corrected chi connectivity index (χ1v) is 9.06. The average molecular weight is 480 g/mol. The van der Waals surface area contributed by atoms with Crippen LogP contribution in [0.5, 0.6) is 0 Å². The van der Waals surface area contributed by atoms with Crippen molar-refractivity contribution in [3.8, 4) is 11.4 Å². The third-order valence-corrected chi connectivity index (χ3v) is 5.67. The van der Waals surface area contributed by atoms with Crippen LogP contribution in [0.15, 0.2) is 27.5 Å². The Morgan fingerprint density at radius 2 is 2.05 bits per heavy atom. The first-order valence-electron chi connectivity index (χ1n) is 6.81. The molecule has 0 amide bonds. The summed E-state index contributed by atoms with van der Waals surface area (Å²) in [4.78, 5) is 19.8. The Hall–Kier alpha value is -0.400. The molecule has 110 valence electrons. The Bertz CT molecular complexity index is 741. The van der Waals surface area contributed by atoms with Gasteiger partial charge in [-0.1, -0.05) is 40.4 Å². The van der Waals surface area contributed by atoms with Crippen LogP contribution < -0.4 is 5.56 Å². The van der Waals surface area contributed by atoms with E-state index in [0.29, 0.717) is 20.3 Å². The molecule has 6 heteroatoms. The molecule has 1 aliphatic rings. The van der Waals surface area contributed by atoms with Crippen molar-refractivity contribution in [1.29, 1.82) is 0 Å². The molecule has 0 radical (unpaired) electrons. The summed E-state index contributed by atoms with van der Waals surface area (Å²) in [6.07, 6.45) is 4.65. The molecule has 1 N–H and O–H groups in total. The van der Waals surface area contributed by atoms with Gasteiger partial charge < -0.3 is 4.98 Å². The normalized spacial score (nSPS) is 15.6. The van der Waals surface area contributed by atoms with E-state index in [4.69, 9.17) is 16.6 Å². The van der Waals surface area contributed by atoms with Gasteiger partial charge in [-0.25, -0.2) is 4.98 Å².